The van der Waals surface area contributed by atoms with Crippen LogP contribution < -0.4 is 9.64 Å². The van der Waals surface area contributed by atoms with E-state index in [4.69, 9.17) is 9.47 Å². The third kappa shape index (κ3) is 3.79. The lowest BCUT2D eigenvalue weighted by Crippen LogP contribution is -2.56. The van der Waals surface area contributed by atoms with Crippen LogP contribution in [0.5, 0.6) is 11.6 Å². The van der Waals surface area contributed by atoms with Crippen molar-refractivity contribution in [3.05, 3.63) is 11.8 Å². The van der Waals surface area contributed by atoms with Crippen molar-refractivity contribution in [2.75, 3.05) is 45.1 Å². The van der Waals surface area contributed by atoms with E-state index in [9.17, 15) is 21.9 Å². The van der Waals surface area contributed by atoms with Crippen LogP contribution in [0.4, 0.5) is 5.82 Å². The van der Waals surface area contributed by atoms with Crippen LogP contribution in [-0.4, -0.2) is 97.7 Å². The van der Waals surface area contributed by atoms with Crippen LogP contribution in [0.2, 0.25) is 0 Å². The number of ether oxygens (including phenoxy) is 2. The Labute approximate surface area is 198 Å². The first-order valence-corrected chi connectivity index (χ1v) is 13.8. The minimum absolute atomic E-state index is 0.0423. The quantitative estimate of drug-likeness (QED) is 0.569. The van der Waals surface area contributed by atoms with E-state index in [1.165, 1.54) is 27.9 Å². The SMILES string of the molecule is C[C@@H]1COC[C@H]2COc3c(nc(-c4cc(O)n(S(=O)(=O)N(C)C)n4)nc3C(C)(C)S(C)(=O)=O)N21. The summed E-state index contributed by atoms with van der Waals surface area (Å²) >= 11 is 0. The van der Waals surface area contributed by atoms with E-state index < -0.39 is 30.7 Å². The molecule has 2 atom stereocenters. The zero-order valence-corrected chi connectivity index (χ0v) is 21.4. The molecule has 2 aromatic heterocycles. The fourth-order valence-electron chi connectivity index (χ4n) is 3.82. The molecule has 1 N–H and O–H groups in total. The highest BCUT2D eigenvalue weighted by Gasteiger charge is 2.44. The van der Waals surface area contributed by atoms with Gasteiger partial charge in [0.15, 0.2) is 27.2 Å². The Morgan fingerprint density at radius 1 is 1.15 bits per heavy atom. The number of rotatable bonds is 5. The lowest BCUT2D eigenvalue weighted by atomic mass is 10.0. The summed E-state index contributed by atoms with van der Waals surface area (Å²) in [6.45, 7) is 6.10. The average Bonchev–Trinajstić information content (AvgIpc) is 3.14. The summed E-state index contributed by atoms with van der Waals surface area (Å²) in [5.41, 5.74) is 0.0796. The first-order valence-electron chi connectivity index (χ1n) is 10.5. The highest BCUT2D eigenvalue weighted by molar-refractivity contribution is 7.91. The summed E-state index contributed by atoms with van der Waals surface area (Å²) < 4.78 is 61.9. The van der Waals surface area contributed by atoms with Gasteiger partial charge >= 0.3 is 10.2 Å². The van der Waals surface area contributed by atoms with Crippen LogP contribution in [0, 0.1) is 0 Å². The van der Waals surface area contributed by atoms with Crippen molar-refractivity contribution >= 4 is 25.9 Å². The number of sulfone groups is 1. The van der Waals surface area contributed by atoms with Gasteiger partial charge in [-0.1, -0.05) is 0 Å². The van der Waals surface area contributed by atoms with Gasteiger partial charge in [-0.3, -0.25) is 0 Å². The molecule has 2 aliphatic rings. The van der Waals surface area contributed by atoms with E-state index in [1.54, 1.807) is 0 Å². The van der Waals surface area contributed by atoms with Gasteiger partial charge in [-0.05, 0) is 20.8 Å². The van der Waals surface area contributed by atoms with Gasteiger partial charge in [0, 0.05) is 26.4 Å². The van der Waals surface area contributed by atoms with Gasteiger partial charge in [0.2, 0.25) is 5.88 Å². The lowest BCUT2D eigenvalue weighted by molar-refractivity contribution is 0.0482. The fraction of sp³-hybridized carbons (Fsp3) is 0.632. The third-order valence-corrected chi connectivity index (χ3v) is 9.79. The number of hydrogen-bond acceptors (Lipinski definition) is 11. The van der Waals surface area contributed by atoms with Gasteiger partial charge in [0.1, 0.15) is 22.7 Å². The van der Waals surface area contributed by atoms with E-state index in [2.05, 4.69) is 15.1 Å². The molecular weight excluding hydrogens is 488 g/mol. The van der Waals surface area contributed by atoms with Crippen molar-refractivity contribution in [1.82, 2.24) is 23.5 Å². The minimum Gasteiger partial charge on any atom is -0.493 e. The number of morpholine rings is 1. The molecule has 13 nitrogen and oxygen atoms in total. The van der Waals surface area contributed by atoms with Crippen LogP contribution in [0.1, 0.15) is 26.5 Å². The van der Waals surface area contributed by atoms with Crippen molar-refractivity contribution in [2.45, 2.75) is 37.6 Å². The summed E-state index contributed by atoms with van der Waals surface area (Å²) in [4.78, 5) is 11.1. The van der Waals surface area contributed by atoms with Crippen LogP contribution in [0.25, 0.3) is 11.5 Å². The molecule has 4 rings (SSSR count). The van der Waals surface area contributed by atoms with Crippen LogP contribution in [-0.2, 0) is 29.5 Å². The molecule has 2 aliphatic heterocycles. The highest BCUT2D eigenvalue weighted by atomic mass is 32.2. The zero-order chi connectivity index (χ0) is 25.2. The average molecular weight is 517 g/mol. The molecule has 0 unspecified atom stereocenters. The van der Waals surface area contributed by atoms with E-state index in [1.807, 2.05) is 11.8 Å². The molecule has 0 aliphatic carbocycles. The molecule has 1 saturated heterocycles. The van der Waals surface area contributed by atoms with Crippen molar-refractivity contribution < 1.29 is 31.4 Å². The van der Waals surface area contributed by atoms with Crippen molar-refractivity contribution in [3.8, 4) is 23.1 Å². The summed E-state index contributed by atoms with van der Waals surface area (Å²) in [6.07, 6.45) is 1.11. The summed E-state index contributed by atoms with van der Waals surface area (Å²) in [7, 11) is -5.17. The molecule has 34 heavy (non-hydrogen) atoms. The van der Waals surface area contributed by atoms with Gasteiger partial charge in [0.05, 0.1) is 25.3 Å². The van der Waals surface area contributed by atoms with E-state index in [0.29, 0.717) is 23.1 Å². The van der Waals surface area contributed by atoms with Crippen molar-refractivity contribution in [3.63, 3.8) is 0 Å². The predicted octanol–water partition coefficient (Wildman–Crippen LogP) is -0.0340. The van der Waals surface area contributed by atoms with Crippen LogP contribution >= 0.6 is 0 Å². The monoisotopic (exact) mass is 516 g/mol. The maximum Gasteiger partial charge on any atom is 0.325 e. The largest absolute Gasteiger partial charge is 0.493 e. The Balaban J connectivity index is 1.98. The molecule has 0 amide bonds. The Morgan fingerprint density at radius 3 is 2.44 bits per heavy atom. The number of anilines is 1. The maximum atomic E-state index is 12.7. The van der Waals surface area contributed by atoms with E-state index in [0.717, 1.165) is 16.6 Å². The van der Waals surface area contributed by atoms with E-state index in [-0.39, 0.29) is 41.7 Å². The Kier molecular flexibility index (Phi) is 5.82. The number of fused-ring (bicyclic) bond motifs is 3. The molecule has 15 heteroatoms. The number of aromatic hydroxyl groups is 1. The number of hydrogen-bond donors (Lipinski definition) is 1. The minimum atomic E-state index is -4.12. The van der Waals surface area contributed by atoms with E-state index >= 15 is 0 Å². The standard InChI is InChI=1S/C19H28N6O7S2/c1-11-8-31-9-12-10-32-15-16(19(2,3)33(6,27)28)20-17(21-18(15)24(11)12)13-7-14(26)25(22-13)34(29,30)23(4)5/h7,11-12,26H,8-10H2,1-6H3/t11-,12+/m1/s1. The summed E-state index contributed by atoms with van der Waals surface area (Å²) in [6, 6.07) is 0.885. The first kappa shape index (κ1) is 24.6. The Hall–Kier alpha value is -2.49. The third-order valence-electron chi connectivity index (χ3n) is 6.12. The predicted molar refractivity (Wildman–Crippen MR) is 123 cm³/mol. The number of aromatic nitrogens is 4. The second-order valence-corrected chi connectivity index (χ2v) is 13.6. The molecule has 188 valence electrons. The first-order chi connectivity index (χ1) is 15.7. The summed E-state index contributed by atoms with van der Waals surface area (Å²) in [5, 5.41) is 14.3. The molecule has 4 heterocycles. The lowest BCUT2D eigenvalue weighted by Gasteiger charge is -2.45. The maximum absolute atomic E-state index is 12.7. The second-order valence-electron chi connectivity index (χ2n) is 9.11. The smallest absolute Gasteiger partial charge is 0.325 e. The topological polar surface area (TPSA) is 157 Å². The Morgan fingerprint density at radius 2 is 1.82 bits per heavy atom. The molecule has 0 radical (unpaired) electrons. The molecule has 2 aromatic rings. The molecule has 0 bridgehead atoms. The second kappa shape index (κ2) is 8.03. The molecule has 0 aromatic carbocycles. The van der Waals surface area contributed by atoms with Gasteiger partial charge < -0.3 is 19.5 Å². The summed E-state index contributed by atoms with van der Waals surface area (Å²) in [5.74, 6) is -0.0683. The number of nitrogens with zero attached hydrogens (tertiary/aromatic N) is 6. The van der Waals surface area contributed by atoms with Gasteiger partial charge in [-0.15, -0.1) is 9.19 Å². The van der Waals surface area contributed by atoms with Crippen LogP contribution in [0.3, 0.4) is 0 Å². The van der Waals surface area contributed by atoms with Crippen LogP contribution in [0.15, 0.2) is 6.07 Å². The molecule has 1 fully saturated rings. The Bertz CT molecular complexity index is 1340. The molecule has 0 saturated carbocycles. The zero-order valence-electron chi connectivity index (χ0n) is 19.7. The van der Waals surface area contributed by atoms with Gasteiger partial charge in [-0.25, -0.2) is 18.4 Å². The van der Waals surface area contributed by atoms with Crippen molar-refractivity contribution in [2.24, 2.45) is 0 Å². The fourth-order valence-corrected chi connectivity index (χ4v) is 5.10. The van der Waals surface area contributed by atoms with Crippen molar-refractivity contribution in [1.29, 1.82) is 0 Å². The molecule has 0 spiro atoms. The normalized spacial score (nSPS) is 21.2. The molecular formula is C19H28N6O7S2. The highest BCUT2D eigenvalue weighted by Crippen LogP contribution is 2.44. The van der Waals surface area contributed by atoms with Gasteiger partial charge in [0.25, 0.3) is 0 Å². The van der Waals surface area contributed by atoms with Gasteiger partial charge in [-0.2, -0.15) is 12.7 Å².